The van der Waals surface area contributed by atoms with Crippen molar-refractivity contribution in [3.05, 3.63) is 53.9 Å². The number of rotatable bonds is 2. The lowest BCUT2D eigenvalue weighted by Gasteiger charge is -2.31. The molecule has 0 atom stereocenters. The molecule has 3 aromatic heterocycles. The third kappa shape index (κ3) is 3.24. The van der Waals surface area contributed by atoms with E-state index in [4.69, 9.17) is 5.26 Å². The van der Waals surface area contributed by atoms with Crippen molar-refractivity contribution in [2.75, 3.05) is 13.1 Å². The topological polar surface area (TPSA) is 74.3 Å². The number of hydrogen-bond donors (Lipinski definition) is 0. The summed E-state index contributed by atoms with van der Waals surface area (Å²) < 4.78 is 28.2. The van der Waals surface area contributed by atoms with Gasteiger partial charge in [0.05, 0.1) is 34.2 Å². The van der Waals surface area contributed by atoms with Gasteiger partial charge >= 0.3 is 0 Å². The molecule has 0 saturated carbocycles. The fourth-order valence-electron chi connectivity index (χ4n) is 3.15. The zero-order valence-corrected chi connectivity index (χ0v) is 14.3. The normalized spacial score (nSPS) is 16.3. The summed E-state index contributed by atoms with van der Waals surface area (Å²) in [5, 5.41) is 13.2. The minimum atomic E-state index is -2.69. The fraction of sp³-hybridized carbons (Fsp3) is 0.263. The molecular formula is C19H15F2N5O. The molecule has 0 N–H and O–H groups in total. The van der Waals surface area contributed by atoms with Crippen LogP contribution in [0.1, 0.15) is 28.8 Å². The first-order valence-corrected chi connectivity index (χ1v) is 8.48. The highest BCUT2D eigenvalue weighted by molar-refractivity contribution is 5.94. The number of hydrogen-bond acceptors (Lipinski definition) is 4. The summed E-state index contributed by atoms with van der Waals surface area (Å²) in [4.78, 5) is 18.3. The molecule has 1 fully saturated rings. The van der Waals surface area contributed by atoms with Gasteiger partial charge in [-0.2, -0.15) is 10.4 Å². The fourth-order valence-corrected chi connectivity index (χ4v) is 3.15. The van der Waals surface area contributed by atoms with Crippen LogP contribution >= 0.6 is 0 Å². The smallest absolute Gasteiger partial charge is 0.255 e. The molecule has 1 aliphatic rings. The number of halogens is 2. The van der Waals surface area contributed by atoms with Crippen molar-refractivity contribution >= 4 is 11.4 Å². The molecule has 4 heterocycles. The molecule has 6 nitrogen and oxygen atoms in total. The van der Waals surface area contributed by atoms with Crippen LogP contribution in [-0.2, 0) is 0 Å². The quantitative estimate of drug-likeness (QED) is 0.697. The van der Waals surface area contributed by atoms with Crippen LogP contribution in [0.4, 0.5) is 8.78 Å². The van der Waals surface area contributed by atoms with Crippen molar-refractivity contribution in [1.29, 1.82) is 5.26 Å². The van der Waals surface area contributed by atoms with E-state index in [1.807, 2.05) is 18.2 Å². The van der Waals surface area contributed by atoms with Crippen LogP contribution in [0.5, 0.6) is 0 Å². The number of carbonyl (C=O) groups excluding carboxylic acids is 1. The lowest BCUT2D eigenvalue weighted by atomic mass is 10.1. The van der Waals surface area contributed by atoms with E-state index in [9.17, 15) is 13.6 Å². The zero-order chi connectivity index (χ0) is 19.0. The molecular weight excluding hydrogens is 352 g/mol. The van der Waals surface area contributed by atoms with E-state index in [-0.39, 0.29) is 31.8 Å². The summed E-state index contributed by atoms with van der Waals surface area (Å²) in [6.07, 6.45) is 2.31. The number of nitrogens with zero attached hydrogens (tertiary/aromatic N) is 5. The second-order valence-corrected chi connectivity index (χ2v) is 6.49. The molecule has 27 heavy (non-hydrogen) atoms. The van der Waals surface area contributed by atoms with Gasteiger partial charge in [-0.3, -0.25) is 9.78 Å². The highest BCUT2D eigenvalue weighted by atomic mass is 19.3. The van der Waals surface area contributed by atoms with Crippen LogP contribution in [0, 0.1) is 11.3 Å². The second kappa shape index (κ2) is 6.43. The average Bonchev–Trinajstić information content (AvgIpc) is 3.10. The van der Waals surface area contributed by atoms with E-state index < -0.39 is 5.92 Å². The van der Waals surface area contributed by atoms with E-state index in [0.717, 1.165) is 11.2 Å². The number of fused-ring (bicyclic) bond motifs is 1. The van der Waals surface area contributed by atoms with Crippen molar-refractivity contribution in [3.8, 4) is 17.5 Å². The van der Waals surface area contributed by atoms with Gasteiger partial charge in [-0.25, -0.2) is 13.3 Å². The Morgan fingerprint density at radius 2 is 1.93 bits per heavy atom. The van der Waals surface area contributed by atoms with E-state index in [1.165, 1.54) is 17.3 Å². The van der Waals surface area contributed by atoms with Gasteiger partial charge in [-0.1, -0.05) is 0 Å². The van der Waals surface area contributed by atoms with Crippen LogP contribution in [0.3, 0.4) is 0 Å². The first-order valence-electron chi connectivity index (χ1n) is 8.48. The maximum absolute atomic E-state index is 13.3. The van der Waals surface area contributed by atoms with Crippen molar-refractivity contribution in [3.63, 3.8) is 0 Å². The monoisotopic (exact) mass is 367 g/mol. The number of alkyl halides is 2. The first-order chi connectivity index (χ1) is 13.0. The molecule has 1 aliphatic heterocycles. The van der Waals surface area contributed by atoms with E-state index in [0.29, 0.717) is 16.8 Å². The van der Waals surface area contributed by atoms with Gasteiger partial charge in [0.2, 0.25) is 0 Å². The Morgan fingerprint density at radius 3 is 2.59 bits per heavy atom. The standard InChI is InChI=1S/C19H15F2N5O/c20-19(21)5-7-25(8-6-19)18(27)14-1-3-16(23-12-14)17-4-2-15-9-13(10-22)11-24-26(15)17/h1-4,9,11-12H,5-8H2. The maximum Gasteiger partial charge on any atom is 0.255 e. The Morgan fingerprint density at radius 1 is 1.15 bits per heavy atom. The molecule has 8 heteroatoms. The van der Waals surface area contributed by atoms with E-state index in [2.05, 4.69) is 10.1 Å². The third-order valence-corrected chi connectivity index (χ3v) is 4.68. The molecule has 136 valence electrons. The molecule has 0 spiro atoms. The van der Waals surface area contributed by atoms with Crippen molar-refractivity contribution in [2.45, 2.75) is 18.8 Å². The minimum absolute atomic E-state index is 0.0437. The predicted octanol–water partition coefficient (Wildman–Crippen LogP) is 3.14. The van der Waals surface area contributed by atoms with Gasteiger partial charge in [0.25, 0.3) is 11.8 Å². The van der Waals surface area contributed by atoms with Gasteiger partial charge in [0, 0.05) is 32.1 Å². The molecule has 1 amide bonds. The molecule has 0 radical (unpaired) electrons. The van der Waals surface area contributed by atoms with E-state index >= 15 is 0 Å². The largest absolute Gasteiger partial charge is 0.338 e. The Kier molecular flexibility index (Phi) is 4.07. The Balaban J connectivity index is 1.56. The molecule has 0 bridgehead atoms. The number of nitriles is 1. The number of likely N-dealkylation sites (tertiary alicyclic amines) is 1. The van der Waals surface area contributed by atoms with Gasteiger partial charge in [0.15, 0.2) is 0 Å². The molecule has 4 rings (SSSR count). The predicted molar refractivity (Wildman–Crippen MR) is 93.2 cm³/mol. The number of pyridine rings is 1. The summed E-state index contributed by atoms with van der Waals surface area (Å²) in [6, 6.07) is 10.8. The summed E-state index contributed by atoms with van der Waals surface area (Å²) in [5.41, 5.74) is 2.94. The number of aromatic nitrogens is 3. The highest BCUT2D eigenvalue weighted by Gasteiger charge is 2.35. The van der Waals surface area contributed by atoms with Gasteiger partial charge in [-0.05, 0) is 30.3 Å². The Bertz CT molecular complexity index is 1040. The number of carbonyl (C=O) groups is 1. The molecule has 0 aliphatic carbocycles. The highest BCUT2D eigenvalue weighted by Crippen LogP contribution is 2.28. The van der Waals surface area contributed by atoms with Crippen molar-refractivity contribution in [1.82, 2.24) is 19.5 Å². The molecule has 1 saturated heterocycles. The lowest BCUT2D eigenvalue weighted by Crippen LogP contribution is -2.42. The Labute approximate surface area is 153 Å². The summed E-state index contributed by atoms with van der Waals surface area (Å²) in [6.45, 7) is 0.0874. The van der Waals surface area contributed by atoms with Crippen LogP contribution < -0.4 is 0 Å². The summed E-state index contributed by atoms with van der Waals surface area (Å²) in [5.74, 6) is -2.98. The molecule has 3 aromatic rings. The average molecular weight is 367 g/mol. The van der Waals surface area contributed by atoms with Gasteiger partial charge in [0.1, 0.15) is 6.07 Å². The molecule has 0 unspecified atom stereocenters. The SMILES string of the molecule is N#Cc1cnn2c(-c3ccc(C(=O)N4CCC(F)(F)CC4)cn3)ccc2c1. The maximum atomic E-state index is 13.3. The van der Waals surface area contributed by atoms with Crippen molar-refractivity contribution < 1.29 is 13.6 Å². The zero-order valence-electron chi connectivity index (χ0n) is 14.3. The van der Waals surface area contributed by atoms with E-state index in [1.54, 1.807) is 22.7 Å². The van der Waals surface area contributed by atoms with Crippen LogP contribution in [-0.4, -0.2) is 44.4 Å². The minimum Gasteiger partial charge on any atom is -0.338 e. The third-order valence-electron chi connectivity index (χ3n) is 4.68. The number of piperidine rings is 1. The van der Waals surface area contributed by atoms with Crippen LogP contribution in [0.25, 0.3) is 16.9 Å². The van der Waals surface area contributed by atoms with Crippen LogP contribution in [0.15, 0.2) is 42.7 Å². The summed E-state index contributed by atoms with van der Waals surface area (Å²) >= 11 is 0. The first kappa shape index (κ1) is 17.1. The van der Waals surface area contributed by atoms with Gasteiger partial charge in [-0.15, -0.1) is 0 Å². The van der Waals surface area contributed by atoms with Gasteiger partial charge < -0.3 is 4.90 Å². The molecule has 0 aromatic carbocycles. The second-order valence-electron chi connectivity index (χ2n) is 6.49. The lowest BCUT2D eigenvalue weighted by molar-refractivity contribution is -0.0494. The number of amides is 1. The van der Waals surface area contributed by atoms with Crippen molar-refractivity contribution in [2.24, 2.45) is 0 Å². The Hall–Kier alpha value is -3.34. The van der Waals surface area contributed by atoms with Crippen LogP contribution in [0.2, 0.25) is 0 Å². The summed E-state index contributed by atoms with van der Waals surface area (Å²) in [7, 11) is 0.